The Balaban J connectivity index is 1.63. The molecule has 0 radical (unpaired) electrons. The molecule has 4 rings (SSSR count). The number of rotatable bonds is 2. The molecule has 178 valence electrons. The number of carbonyl (C=O) groups excluding carboxylic acids is 1. The quantitative estimate of drug-likeness (QED) is 0.470. The van der Waals surface area contributed by atoms with Crippen LogP contribution in [0.4, 0.5) is 30.7 Å². The van der Waals surface area contributed by atoms with Crippen molar-refractivity contribution in [3.8, 4) is 0 Å². The van der Waals surface area contributed by atoms with E-state index < -0.39 is 23.6 Å². The van der Waals surface area contributed by atoms with E-state index in [0.29, 0.717) is 42.6 Å². The second kappa shape index (κ2) is 6.63. The van der Waals surface area contributed by atoms with Crippen LogP contribution in [0.2, 0.25) is 0 Å². The average molecular weight is 465 g/mol. The SMILES string of the molecule is CC1(C)C(C(=O)N2CC[C@H]3c4ccc(C(F)(C(F)(F)F)C(F)(F)F)cc4CC[C@H]32)C1(C)C. The number of nitrogens with zero attached hydrogens (tertiary/aromatic N) is 1. The summed E-state index contributed by atoms with van der Waals surface area (Å²) in [6.07, 6.45) is -11.1. The lowest BCUT2D eigenvalue weighted by Crippen LogP contribution is -2.50. The van der Waals surface area contributed by atoms with Gasteiger partial charge in [-0.3, -0.25) is 4.79 Å². The van der Waals surface area contributed by atoms with Crippen molar-refractivity contribution >= 4 is 5.91 Å². The first-order valence-electron chi connectivity index (χ1n) is 10.7. The number of fused-ring (bicyclic) bond motifs is 3. The standard InChI is InChI=1S/C23H26F7NO/c1-19(2)17(20(19,3)4)18(32)31-10-9-15-14-7-6-13(11-12(14)5-8-16(15)31)21(24,22(25,26)27)23(28,29)30/h6-7,11,15-17H,5,8-10H2,1-4H3/t15-,16+/m0/s1. The van der Waals surface area contributed by atoms with Gasteiger partial charge in [0.15, 0.2) is 0 Å². The van der Waals surface area contributed by atoms with Crippen LogP contribution in [0, 0.1) is 16.7 Å². The van der Waals surface area contributed by atoms with E-state index in [1.807, 2.05) is 32.6 Å². The second-order valence-corrected chi connectivity index (χ2v) is 10.5. The highest BCUT2D eigenvalue weighted by Crippen LogP contribution is 2.69. The number of aryl methyl sites for hydroxylation is 1. The summed E-state index contributed by atoms with van der Waals surface area (Å²) in [5.74, 6) is -0.236. The van der Waals surface area contributed by atoms with Gasteiger partial charge in [0.1, 0.15) is 0 Å². The molecule has 0 bridgehead atoms. The fourth-order valence-electron chi connectivity index (χ4n) is 6.02. The highest BCUT2D eigenvalue weighted by molar-refractivity contribution is 5.85. The molecule has 1 aliphatic heterocycles. The van der Waals surface area contributed by atoms with Gasteiger partial charge in [0.2, 0.25) is 5.91 Å². The lowest BCUT2D eigenvalue weighted by Gasteiger charge is -2.35. The Morgan fingerprint density at radius 2 is 1.50 bits per heavy atom. The van der Waals surface area contributed by atoms with Gasteiger partial charge in [0, 0.05) is 30.0 Å². The molecule has 1 saturated heterocycles. The topological polar surface area (TPSA) is 20.3 Å². The van der Waals surface area contributed by atoms with Gasteiger partial charge < -0.3 is 4.90 Å². The van der Waals surface area contributed by atoms with E-state index in [-0.39, 0.29) is 41.0 Å². The van der Waals surface area contributed by atoms with Crippen molar-refractivity contribution in [2.45, 2.75) is 76.9 Å². The minimum Gasteiger partial charge on any atom is -0.339 e. The molecule has 2 fully saturated rings. The van der Waals surface area contributed by atoms with Crippen molar-refractivity contribution in [3.05, 3.63) is 34.9 Å². The molecule has 1 aromatic rings. The fraction of sp³-hybridized carbons (Fsp3) is 0.696. The number of hydrogen-bond donors (Lipinski definition) is 0. The Kier molecular flexibility index (Phi) is 4.84. The zero-order chi connectivity index (χ0) is 24.1. The van der Waals surface area contributed by atoms with Gasteiger partial charge in [-0.2, -0.15) is 26.3 Å². The summed E-state index contributed by atoms with van der Waals surface area (Å²) in [4.78, 5) is 15.1. The normalized spacial score (nSPS) is 27.2. The number of benzene rings is 1. The maximum atomic E-state index is 14.5. The number of alkyl halides is 7. The van der Waals surface area contributed by atoms with E-state index in [9.17, 15) is 35.5 Å². The smallest absolute Gasteiger partial charge is 0.339 e. The van der Waals surface area contributed by atoms with Gasteiger partial charge in [0.25, 0.3) is 0 Å². The molecule has 2 aliphatic carbocycles. The molecule has 2 nitrogen and oxygen atoms in total. The van der Waals surface area contributed by atoms with Crippen molar-refractivity contribution < 1.29 is 35.5 Å². The lowest BCUT2D eigenvalue weighted by atomic mass is 9.77. The predicted molar refractivity (Wildman–Crippen MR) is 104 cm³/mol. The summed E-state index contributed by atoms with van der Waals surface area (Å²) < 4.78 is 93.3. The molecular weight excluding hydrogens is 439 g/mol. The molecule has 9 heteroatoms. The highest BCUT2D eigenvalue weighted by Gasteiger charge is 2.73. The van der Waals surface area contributed by atoms with Gasteiger partial charge in [0.05, 0.1) is 0 Å². The van der Waals surface area contributed by atoms with Crippen molar-refractivity contribution in [1.82, 2.24) is 4.90 Å². The van der Waals surface area contributed by atoms with Crippen LogP contribution in [0.3, 0.4) is 0 Å². The molecule has 3 aliphatic rings. The minimum atomic E-state index is -6.13. The van der Waals surface area contributed by atoms with Crippen LogP contribution >= 0.6 is 0 Å². The molecular formula is C23H26F7NO. The number of halogens is 7. The maximum absolute atomic E-state index is 14.5. The van der Waals surface area contributed by atoms with E-state index in [0.717, 1.165) is 0 Å². The maximum Gasteiger partial charge on any atom is 0.435 e. The summed E-state index contributed by atoms with van der Waals surface area (Å²) in [5.41, 5.74) is -6.23. The molecule has 1 aromatic carbocycles. The van der Waals surface area contributed by atoms with Crippen molar-refractivity contribution in [1.29, 1.82) is 0 Å². The molecule has 0 unspecified atom stereocenters. The van der Waals surface area contributed by atoms with Crippen molar-refractivity contribution in [2.75, 3.05) is 6.54 Å². The summed E-state index contributed by atoms with van der Waals surface area (Å²) in [7, 11) is 0. The van der Waals surface area contributed by atoms with E-state index >= 15 is 0 Å². The van der Waals surface area contributed by atoms with Gasteiger partial charge in [-0.15, -0.1) is 0 Å². The zero-order valence-electron chi connectivity index (χ0n) is 18.3. The van der Waals surface area contributed by atoms with Crippen LogP contribution < -0.4 is 0 Å². The summed E-state index contributed by atoms with van der Waals surface area (Å²) >= 11 is 0. The molecule has 0 N–H and O–H groups in total. The fourth-order valence-corrected chi connectivity index (χ4v) is 6.02. The number of carbonyl (C=O) groups is 1. The summed E-state index contributed by atoms with van der Waals surface area (Å²) in [6, 6.07) is 2.35. The van der Waals surface area contributed by atoms with Crippen LogP contribution in [0.25, 0.3) is 0 Å². The molecule has 0 spiro atoms. The Bertz CT molecular complexity index is 919. The second-order valence-electron chi connectivity index (χ2n) is 10.5. The Morgan fingerprint density at radius 3 is 2.00 bits per heavy atom. The molecule has 1 saturated carbocycles. The number of amides is 1. The number of hydrogen-bond acceptors (Lipinski definition) is 1. The first-order valence-corrected chi connectivity index (χ1v) is 10.7. The van der Waals surface area contributed by atoms with Crippen molar-refractivity contribution in [3.63, 3.8) is 0 Å². The lowest BCUT2D eigenvalue weighted by molar-refractivity contribution is -0.348. The van der Waals surface area contributed by atoms with Crippen LogP contribution in [0.15, 0.2) is 18.2 Å². The highest BCUT2D eigenvalue weighted by atomic mass is 19.4. The molecule has 0 aromatic heterocycles. The van der Waals surface area contributed by atoms with Gasteiger partial charge >= 0.3 is 18.0 Å². The molecule has 1 amide bonds. The van der Waals surface area contributed by atoms with Crippen LogP contribution in [0.5, 0.6) is 0 Å². The van der Waals surface area contributed by atoms with Gasteiger partial charge in [-0.05, 0) is 41.2 Å². The third-order valence-electron chi connectivity index (χ3n) is 8.53. The van der Waals surface area contributed by atoms with E-state index in [1.165, 1.54) is 6.07 Å². The first kappa shape index (κ1) is 23.4. The Hall–Kier alpha value is -1.80. The van der Waals surface area contributed by atoms with Crippen LogP contribution in [-0.2, 0) is 16.9 Å². The Morgan fingerprint density at radius 1 is 0.938 bits per heavy atom. The third kappa shape index (κ3) is 2.94. The first-order chi connectivity index (χ1) is 14.5. The van der Waals surface area contributed by atoms with E-state index in [1.54, 1.807) is 0 Å². The van der Waals surface area contributed by atoms with Gasteiger partial charge in [-0.1, -0.05) is 45.9 Å². The van der Waals surface area contributed by atoms with Crippen LogP contribution in [-0.4, -0.2) is 35.7 Å². The van der Waals surface area contributed by atoms with Crippen molar-refractivity contribution in [2.24, 2.45) is 16.7 Å². The monoisotopic (exact) mass is 465 g/mol. The molecule has 32 heavy (non-hydrogen) atoms. The summed E-state index contributed by atoms with van der Waals surface area (Å²) in [5, 5.41) is 0. The minimum absolute atomic E-state index is 0.0597. The molecule has 1 heterocycles. The van der Waals surface area contributed by atoms with Gasteiger partial charge in [-0.25, -0.2) is 4.39 Å². The summed E-state index contributed by atoms with van der Waals surface area (Å²) in [6.45, 7) is 8.68. The largest absolute Gasteiger partial charge is 0.435 e. The average Bonchev–Trinajstić information content (AvgIpc) is 2.96. The molecule has 2 atom stereocenters. The third-order valence-corrected chi connectivity index (χ3v) is 8.53. The van der Waals surface area contributed by atoms with E-state index in [4.69, 9.17) is 0 Å². The van der Waals surface area contributed by atoms with Crippen LogP contribution in [0.1, 0.15) is 63.1 Å². The Labute approximate surface area is 182 Å². The zero-order valence-corrected chi connectivity index (χ0v) is 18.3. The van der Waals surface area contributed by atoms with E-state index in [2.05, 4.69) is 0 Å². The predicted octanol–water partition coefficient (Wildman–Crippen LogP) is 6.29. The number of likely N-dealkylation sites (tertiary alicyclic amines) is 1.